The molecule has 0 bridgehead atoms. The van der Waals surface area contributed by atoms with Crippen molar-refractivity contribution in [3.8, 4) is 0 Å². The Kier molecular flexibility index (Phi) is 6.58. The van der Waals surface area contributed by atoms with Gasteiger partial charge in [-0.05, 0) is 54.2 Å². The maximum atomic E-state index is 8.88. The Balaban J connectivity index is 2.11. The van der Waals surface area contributed by atoms with E-state index >= 15 is 0 Å². The molecule has 1 atom stereocenters. The second-order valence-electron chi connectivity index (χ2n) is 4.22. The lowest BCUT2D eigenvalue weighted by molar-refractivity contribution is 0.228. The maximum absolute atomic E-state index is 8.88. The standard InChI is InChI=1S/C12H20BrNOS/c1-9(8-15)4-3-5-14-7-11-6-12(13)10(2)16-11/h6,9,14-15H,3-5,7-8H2,1-2H3. The fraction of sp³-hybridized carbons (Fsp3) is 0.667. The van der Waals surface area contributed by atoms with Gasteiger partial charge in [-0.25, -0.2) is 0 Å². The fourth-order valence-electron chi connectivity index (χ4n) is 1.48. The Morgan fingerprint density at radius 1 is 1.56 bits per heavy atom. The van der Waals surface area contributed by atoms with Crippen LogP contribution in [-0.2, 0) is 6.54 Å². The molecule has 0 spiro atoms. The van der Waals surface area contributed by atoms with Gasteiger partial charge in [0.1, 0.15) is 0 Å². The first-order valence-electron chi connectivity index (χ1n) is 5.70. The van der Waals surface area contributed by atoms with E-state index in [0.717, 1.165) is 25.9 Å². The molecule has 0 aliphatic heterocycles. The molecule has 4 heteroatoms. The number of nitrogens with one attached hydrogen (secondary N) is 1. The van der Waals surface area contributed by atoms with Crippen LogP contribution in [0.3, 0.4) is 0 Å². The van der Waals surface area contributed by atoms with Crippen molar-refractivity contribution in [2.75, 3.05) is 13.2 Å². The summed E-state index contributed by atoms with van der Waals surface area (Å²) in [5.41, 5.74) is 0. The van der Waals surface area contributed by atoms with Crippen LogP contribution in [0.25, 0.3) is 0 Å². The minimum Gasteiger partial charge on any atom is -0.396 e. The van der Waals surface area contributed by atoms with E-state index in [-0.39, 0.29) is 0 Å². The van der Waals surface area contributed by atoms with E-state index < -0.39 is 0 Å². The van der Waals surface area contributed by atoms with Gasteiger partial charge in [0.05, 0.1) is 0 Å². The average Bonchev–Trinajstić information content (AvgIpc) is 2.57. The summed E-state index contributed by atoms with van der Waals surface area (Å²) in [5, 5.41) is 12.3. The third-order valence-electron chi connectivity index (χ3n) is 2.57. The summed E-state index contributed by atoms with van der Waals surface area (Å²) in [7, 11) is 0. The minimum absolute atomic E-state index is 0.303. The molecule has 1 aromatic rings. The van der Waals surface area contributed by atoms with Crippen LogP contribution in [0.5, 0.6) is 0 Å². The normalized spacial score (nSPS) is 13.0. The first kappa shape index (κ1) is 14.2. The van der Waals surface area contributed by atoms with E-state index in [1.165, 1.54) is 14.2 Å². The molecule has 0 amide bonds. The number of aliphatic hydroxyl groups is 1. The van der Waals surface area contributed by atoms with E-state index in [2.05, 4.69) is 41.2 Å². The highest BCUT2D eigenvalue weighted by Gasteiger charge is 2.02. The van der Waals surface area contributed by atoms with Crippen LogP contribution in [0.15, 0.2) is 10.5 Å². The van der Waals surface area contributed by atoms with E-state index in [4.69, 9.17) is 5.11 Å². The van der Waals surface area contributed by atoms with Crippen molar-refractivity contribution in [3.63, 3.8) is 0 Å². The predicted octanol–water partition coefficient (Wildman–Crippen LogP) is 3.32. The molecule has 0 saturated carbocycles. The largest absolute Gasteiger partial charge is 0.396 e. The summed E-state index contributed by atoms with van der Waals surface area (Å²) >= 11 is 5.36. The summed E-state index contributed by atoms with van der Waals surface area (Å²) in [4.78, 5) is 2.71. The summed E-state index contributed by atoms with van der Waals surface area (Å²) in [5.74, 6) is 0.430. The van der Waals surface area contributed by atoms with E-state index in [1.54, 1.807) is 0 Å². The SMILES string of the molecule is Cc1sc(CNCCCC(C)CO)cc1Br. The molecule has 1 aromatic heterocycles. The van der Waals surface area contributed by atoms with Gasteiger partial charge in [0.15, 0.2) is 0 Å². The molecular weight excluding hydrogens is 286 g/mol. The molecule has 0 saturated heterocycles. The highest BCUT2D eigenvalue weighted by atomic mass is 79.9. The monoisotopic (exact) mass is 305 g/mol. The van der Waals surface area contributed by atoms with Gasteiger partial charge in [-0.3, -0.25) is 0 Å². The van der Waals surface area contributed by atoms with Crippen LogP contribution in [0, 0.1) is 12.8 Å². The molecular formula is C12H20BrNOS. The van der Waals surface area contributed by atoms with E-state index in [9.17, 15) is 0 Å². The van der Waals surface area contributed by atoms with Crippen molar-refractivity contribution in [1.82, 2.24) is 5.32 Å². The Hall–Kier alpha value is 0.100. The zero-order chi connectivity index (χ0) is 12.0. The lowest BCUT2D eigenvalue weighted by atomic mass is 10.1. The number of halogens is 1. The zero-order valence-electron chi connectivity index (χ0n) is 9.92. The lowest BCUT2D eigenvalue weighted by Crippen LogP contribution is -2.15. The van der Waals surface area contributed by atoms with Crippen molar-refractivity contribution in [2.45, 2.75) is 33.2 Å². The molecule has 1 heterocycles. The Bertz CT molecular complexity index is 294. The molecule has 0 fully saturated rings. The van der Waals surface area contributed by atoms with E-state index in [0.29, 0.717) is 12.5 Å². The molecule has 1 rings (SSSR count). The predicted molar refractivity (Wildman–Crippen MR) is 73.9 cm³/mol. The lowest BCUT2D eigenvalue weighted by Gasteiger charge is -2.07. The van der Waals surface area contributed by atoms with Crippen LogP contribution in [0.2, 0.25) is 0 Å². The van der Waals surface area contributed by atoms with Crippen molar-refractivity contribution >= 4 is 27.3 Å². The summed E-state index contributed by atoms with van der Waals surface area (Å²) in [6, 6.07) is 2.18. The molecule has 2 nitrogen and oxygen atoms in total. The topological polar surface area (TPSA) is 32.3 Å². The third-order valence-corrected chi connectivity index (χ3v) is 4.71. The quantitative estimate of drug-likeness (QED) is 0.758. The van der Waals surface area contributed by atoms with Gasteiger partial charge >= 0.3 is 0 Å². The summed E-state index contributed by atoms with van der Waals surface area (Å²) < 4.78 is 1.21. The van der Waals surface area contributed by atoms with Crippen LogP contribution in [0.4, 0.5) is 0 Å². The number of thiophene rings is 1. The van der Waals surface area contributed by atoms with Gasteiger partial charge in [0.25, 0.3) is 0 Å². The highest BCUT2D eigenvalue weighted by molar-refractivity contribution is 9.10. The third kappa shape index (κ3) is 4.95. The van der Waals surface area contributed by atoms with Crippen molar-refractivity contribution in [3.05, 3.63) is 20.3 Å². The molecule has 0 aromatic carbocycles. The number of aliphatic hydroxyl groups excluding tert-OH is 1. The molecule has 2 N–H and O–H groups in total. The summed E-state index contributed by atoms with van der Waals surface area (Å²) in [6.45, 7) is 6.49. The second-order valence-corrected chi connectivity index (χ2v) is 6.42. The number of hydrogen-bond acceptors (Lipinski definition) is 3. The van der Waals surface area contributed by atoms with Crippen LogP contribution < -0.4 is 5.32 Å². The van der Waals surface area contributed by atoms with Gasteiger partial charge in [-0.2, -0.15) is 0 Å². The molecule has 0 aliphatic carbocycles. The van der Waals surface area contributed by atoms with Crippen molar-refractivity contribution < 1.29 is 5.11 Å². The molecule has 0 radical (unpaired) electrons. The number of hydrogen-bond donors (Lipinski definition) is 2. The summed E-state index contributed by atoms with van der Waals surface area (Å²) in [6.07, 6.45) is 2.23. The number of aryl methyl sites for hydroxylation is 1. The number of rotatable bonds is 7. The molecule has 0 aliphatic rings. The van der Waals surface area contributed by atoms with Crippen molar-refractivity contribution in [1.29, 1.82) is 0 Å². The Morgan fingerprint density at radius 2 is 2.31 bits per heavy atom. The van der Waals surface area contributed by atoms with Gasteiger partial charge in [-0.1, -0.05) is 6.92 Å². The Morgan fingerprint density at radius 3 is 2.88 bits per heavy atom. The van der Waals surface area contributed by atoms with Gasteiger partial charge in [-0.15, -0.1) is 11.3 Å². The van der Waals surface area contributed by atoms with Gasteiger partial charge in [0, 0.05) is 27.4 Å². The maximum Gasteiger partial charge on any atom is 0.0456 e. The molecule has 16 heavy (non-hydrogen) atoms. The first-order valence-corrected chi connectivity index (χ1v) is 7.30. The van der Waals surface area contributed by atoms with Crippen LogP contribution in [-0.4, -0.2) is 18.3 Å². The smallest absolute Gasteiger partial charge is 0.0456 e. The average molecular weight is 306 g/mol. The first-order chi connectivity index (χ1) is 7.63. The van der Waals surface area contributed by atoms with Crippen LogP contribution in [0.1, 0.15) is 29.5 Å². The van der Waals surface area contributed by atoms with Crippen LogP contribution >= 0.6 is 27.3 Å². The zero-order valence-corrected chi connectivity index (χ0v) is 12.3. The highest BCUT2D eigenvalue weighted by Crippen LogP contribution is 2.26. The minimum atomic E-state index is 0.303. The van der Waals surface area contributed by atoms with Gasteiger partial charge in [0.2, 0.25) is 0 Å². The fourth-order valence-corrected chi connectivity index (χ4v) is 3.05. The van der Waals surface area contributed by atoms with Gasteiger partial charge < -0.3 is 10.4 Å². The van der Waals surface area contributed by atoms with Crippen molar-refractivity contribution in [2.24, 2.45) is 5.92 Å². The van der Waals surface area contributed by atoms with E-state index in [1.807, 2.05) is 11.3 Å². The molecule has 92 valence electrons. The second kappa shape index (κ2) is 7.43. The molecule has 1 unspecified atom stereocenters. The Labute approximate surface area is 110 Å².